The summed E-state index contributed by atoms with van der Waals surface area (Å²) in [7, 11) is 0. The van der Waals surface area contributed by atoms with Crippen LogP contribution in [0.4, 0.5) is 4.39 Å². The number of aromatic nitrogens is 4. The van der Waals surface area contributed by atoms with Crippen LogP contribution < -0.4 is 0 Å². The lowest BCUT2D eigenvalue weighted by molar-refractivity contribution is 0.628. The predicted octanol–water partition coefficient (Wildman–Crippen LogP) is 7.82. The highest BCUT2D eigenvalue weighted by molar-refractivity contribution is 5.89. The zero-order valence-electron chi connectivity index (χ0n) is 19.9. The second-order valence-electron chi connectivity index (χ2n) is 9.23. The van der Waals surface area contributed by atoms with Crippen LogP contribution in [0.1, 0.15) is 22.6 Å². The third kappa shape index (κ3) is 3.64. The molecule has 3 aromatic heterocycles. The topological polar surface area (TPSA) is 49.4 Å². The monoisotopic (exact) mass is 482 g/mol. The molecule has 0 atom stereocenters. The molecule has 178 valence electrons. The molecule has 0 saturated carbocycles. The second kappa shape index (κ2) is 8.64. The fourth-order valence-corrected chi connectivity index (χ4v) is 5.31. The smallest absolute Gasteiger partial charge is 0.123 e. The molecule has 0 unspecified atom stereocenters. The van der Waals surface area contributed by atoms with Gasteiger partial charge in [0.15, 0.2) is 0 Å². The van der Waals surface area contributed by atoms with Crippen molar-refractivity contribution in [2.24, 2.45) is 0 Å². The van der Waals surface area contributed by atoms with E-state index in [9.17, 15) is 4.39 Å². The zero-order chi connectivity index (χ0) is 24.8. The Balaban J connectivity index is 1.54. The number of nitrogens with zero attached hydrogens (tertiary/aromatic N) is 2. The van der Waals surface area contributed by atoms with Crippen LogP contribution in [-0.4, -0.2) is 19.7 Å². The van der Waals surface area contributed by atoms with Gasteiger partial charge in [0, 0.05) is 57.4 Å². The highest BCUT2D eigenvalue weighted by Gasteiger charge is 2.28. The predicted molar refractivity (Wildman–Crippen MR) is 147 cm³/mol. The van der Waals surface area contributed by atoms with Crippen LogP contribution >= 0.6 is 0 Å². The first kappa shape index (κ1) is 21.4. The Bertz CT molecular complexity index is 1770. The van der Waals surface area contributed by atoms with Gasteiger partial charge in [0.25, 0.3) is 0 Å². The minimum absolute atomic E-state index is 0.121. The summed E-state index contributed by atoms with van der Waals surface area (Å²) in [5.74, 6) is -0.387. The maximum atomic E-state index is 13.9. The van der Waals surface area contributed by atoms with Crippen LogP contribution in [0, 0.1) is 5.82 Å². The first-order chi connectivity index (χ1) is 18.3. The van der Waals surface area contributed by atoms with Crippen molar-refractivity contribution in [3.63, 3.8) is 0 Å². The van der Waals surface area contributed by atoms with Gasteiger partial charge in [-0.2, -0.15) is 5.10 Å². The normalized spacial score (nSPS) is 11.6. The number of hydrogen-bond acceptors (Lipinski definition) is 1. The number of nitrogens with one attached hydrogen (secondary N) is 2. The van der Waals surface area contributed by atoms with E-state index in [1.807, 2.05) is 47.1 Å². The van der Waals surface area contributed by atoms with Crippen LogP contribution in [0.3, 0.4) is 0 Å². The quantitative estimate of drug-likeness (QED) is 0.258. The molecule has 0 amide bonds. The summed E-state index contributed by atoms with van der Waals surface area (Å²) in [6.07, 6.45) is 6.32. The lowest BCUT2D eigenvalue weighted by atomic mass is 9.84. The Morgan fingerprint density at radius 1 is 0.622 bits per heavy atom. The van der Waals surface area contributed by atoms with Crippen molar-refractivity contribution >= 4 is 21.8 Å². The van der Waals surface area contributed by atoms with Gasteiger partial charge in [-0.05, 0) is 59.7 Å². The molecule has 0 radical (unpaired) electrons. The van der Waals surface area contributed by atoms with Gasteiger partial charge in [0.1, 0.15) is 5.82 Å². The van der Waals surface area contributed by atoms with Crippen molar-refractivity contribution in [2.45, 2.75) is 5.92 Å². The average Bonchev–Trinajstić information content (AvgIpc) is 3.68. The largest absolute Gasteiger partial charge is 0.361 e. The molecule has 0 spiro atoms. The molecule has 2 N–H and O–H groups in total. The fraction of sp³-hybridized carbons (Fsp3) is 0.0312. The van der Waals surface area contributed by atoms with Gasteiger partial charge < -0.3 is 9.97 Å². The van der Waals surface area contributed by atoms with Gasteiger partial charge in [0.2, 0.25) is 0 Å². The average molecular weight is 483 g/mol. The summed E-state index contributed by atoms with van der Waals surface area (Å²) in [5.41, 5.74) is 8.20. The minimum Gasteiger partial charge on any atom is -0.361 e. The van der Waals surface area contributed by atoms with E-state index in [1.165, 1.54) is 12.1 Å². The summed E-state index contributed by atoms with van der Waals surface area (Å²) < 4.78 is 15.8. The molecule has 0 bridgehead atoms. The molecule has 0 aliphatic rings. The lowest BCUT2D eigenvalue weighted by Gasteiger charge is -2.17. The molecule has 4 aromatic carbocycles. The van der Waals surface area contributed by atoms with Crippen molar-refractivity contribution in [1.29, 1.82) is 0 Å². The van der Waals surface area contributed by atoms with Crippen LogP contribution in [0.2, 0.25) is 0 Å². The molecular weight excluding hydrogens is 459 g/mol. The molecule has 7 aromatic rings. The molecule has 4 nitrogen and oxygen atoms in total. The van der Waals surface area contributed by atoms with E-state index in [-0.39, 0.29) is 11.7 Å². The molecule has 0 fully saturated rings. The second-order valence-corrected chi connectivity index (χ2v) is 9.23. The van der Waals surface area contributed by atoms with Crippen molar-refractivity contribution in [3.05, 3.63) is 144 Å². The molecule has 3 heterocycles. The van der Waals surface area contributed by atoms with Crippen molar-refractivity contribution in [3.8, 4) is 16.9 Å². The fourth-order valence-electron chi connectivity index (χ4n) is 5.31. The highest BCUT2D eigenvalue weighted by Crippen LogP contribution is 2.43. The Kier molecular flexibility index (Phi) is 5.00. The summed E-state index contributed by atoms with van der Waals surface area (Å²) in [6, 6.07) is 33.4. The maximum Gasteiger partial charge on any atom is 0.123 e. The maximum absolute atomic E-state index is 13.9. The van der Waals surface area contributed by atoms with Gasteiger partial charge in [-0.1, -0.05) is 54.6 Å². The highest BCUT2D eigenvalue weighted by atomic mass is 19.1. The summed E-state index contributed by atoms with van der Waals surface area (Å²) in [6.45, 7) is 0. The SMILES string of the molecule is Fc1ccc(-c2nn(-c3ccccc3)cc2C(c2c[nH]c3ccccc23)c2c[nH]c3ccccc23)cc1. The van der Waals surface area contributed by atoms with Crippen LogP contribution in [0.25, 0.3) is 38.8 Å². The van der Waals surface area contributed by atoms with Crippen LogP contribution in [0.15, 0.2) is 122 Å². The van der Waals surface area contributed by atoms with E-state index >= 15 is 0 Å². The molecule has 0 saturated heterocycles. The van der Waals surface area contributed by atoms with E-state index in [1.54, 1.807) is 12.1 Å². The Morgan fingerprint density at radius 3 is 1.81 bits per heavy atom. The number of benzene rings is 4. The number of fused-ring (bicyclic) bond motifs is 2. The molecule has 5 heteroatoms. The third-order valence-corrected chi connectivity index (χ3v) is 7.06. The van der Waals surface area contributed by atoms with E-state index < -0.39 is 0 Å². The van der Waals surface area contributed by atoms with Crippen molar-refractivity contribution < 1.29 is 4.39 Å². The van der Waals surface area contributed by atoms with E-state index in [0.717, 1.165) is 55.4 Å². The molecular formula is C32H23FN4. The minimum atomic E-state index is -0.266. The number of para-hydroxylation sites is 3. The Morgan fingerprint density at radius 2 is 1.19 bits per heavy atom. The number of aromatic amines is 2. The Labute approximate surface area is 213 Å². The van der Waals surface area contributed by atoms with Crippen molar-refractivity contribution in [1.82, 2.24) is 19.7 Å². The van der Waals surface area contributed by atoms with Gasteiger partial charge in [0.05, 0.1) is 11.4 Å². The van der Waals surface area contributed by atoms with Gasteiger partial charge in [-0.15, -0.1) is 0 Å². The number of hydrogen-bond donors (Lipinski definition) is 2. The first-order valence-corrected chi connectivity index (χ1v) is 12.3. The molecule has 0 aliphatic heterocycles. The first-order valence-electron chi connectivity index (χ1n) is 12.3. The van der Waals surface area contributed by atoms with Gasteiger partial charge in [-0.3, -0.25) is 0 Å². The van der Waals surface area contributed by atoms with Crippen LogP contribution in [-0.2, 0) is 0 Å². The summed E-state index contributed by atoms with van der Waals surface area (Å²) in [5, 5.41) is 7.38. The molecule has 37 heavy (non-hydrogen) atoms. The molecule has 0 aliphatic carbocycles. The van der Waals surface area contributed by atoms with Crippen LogP contribution in [0.5, 0.6) is 0 Å². The lowest BCUT2D eigenvalue weighted by Crippen LogP contribution is -2.03. The summed E-state index contributed by atoms with van der Waals surface area (Å²) >= 11 is 0. The Hall–Kier alpha value is -4.90. The number of H-pyrrole nitrogens is 2. The third-order valence-electron chi connectivity index (χ3n) is 7.06. The van der Waals surface area contributed by atoms with E-state index in [0.29, 0.717) is 0 Å². The number of halogens is 1. The standard InChI is InChI=1S/C32H23FN4/c33-22-16-14-21(15-17-22)32-28(20-37(36-32)23-8-2-1-3-9-23)31(26-18-34-29-12-6-4-10-24(26)29)27-19-35-30-13-7-5-11-25(27)30/h1-20,31,34-35H. The van der Waals surface area contributed by atoms with Crippen molar-refractivity contribution in [2.75, 3.05) is 0 Å². The summed E-state index contributed by atoms with van der Waals surface area (Å²) in [4.78, 5) is 6.93. The zero-order valence-corrected chi connectivity index (χ0v) is 19.9. The molecule has 7 rings (SSSR count). The number of rotatable bonds is 5. The van der Waals surface area contributed by atoms with E-state index in [4.69, 9.17) is 5.10 Å². The van der Waals surface area contributed by atoms with Gasteiger partial charge >= 0.3 is 0 Å². The van der Waals surface area contributed by atoms with Gasteiger partial charge in [-0.25, -0.2) is 9.07 Å². The van der Waals surface area contributed by atoms with E-state index in [2.05, 4.69) is 65.0 Å².